The standard InChI is InChI=1S/C30H26ClFN4O2S/c1-17-12-13-20(14-23(17)31)35-26(37)16-39-30-22(15-33)28(21-9-5-6-10-24(21)32)27(19(3)34-30)29(38)36-25-11-7-4-8-18(25)2/h4-14,28,34H,16H2,1-3H3,(H,35,37)(H,36,38)/t28-/m0/s1. The van der Waals surface area contributed by atoms with E-state index >= 15 is 4.39 Å². The Kier molecular flexibility index (Phi) is 8.75. The maximum Gasteiger partial charge on any atom is 0.254 e. The van der Waals surface area contributed by atoms with Crippen molar-refractivity contribution < 1.29 is 14.0 Å². The number of para-hydroxylation sites is 1. The van der Waals surface area contributed by atoms with Gasteiger partial charge in [-0.1, -0.05) is 65.8 Å². The van der Waals surface area contributed by atoms with Gasteiger partial charge in [0.15, 0.2) is 0 Å². The van der Waals surface area contributed by atoms with E-state index in [0.717, 1.165) is 22.9 Å². The Morgan fingerprint density at radius 3 is 2.44 bits per heavy atom. The molecule has 0 radical (unpaired) electrons. The first-order valence-electron chi connectivity index (χ1n) is 12.1. The summed E-state index contributed by atoms with van der Waals surface area (Å²) in [6, 6.07) is 20.8. The summed E-state index contributed by atoms with van der Waals surface area (Å²) in [5.74, 6) is -2.29. The van der Waals surface area contributed by atoms with Gasteiger partial charge in [-0.25, -0.2) is 4.39 Å². The minimum Gasteiger partial charge on any atom is -0.353 e. The highest BCUT2D eigenvalue weighted by atomic mass is 35.5. The number of hydrogen-bond donors (Lipinski definition) is 3. The zero-order chi connectivity index (χ0) is 28.1. The fourth-order valence-corrected chi connectivity index (χ4v) is 5.33. The topological polar surface area (TPSA) is 94.0 Å². The predicted molar refractivity (Wildman–Crippen MR) is 155 cm³/mol. The lowest BCUT2D eigenvalue weighted by molar-refractivity contribution is -0.114. The van der Waals surface area contributed by atoms with Gasteiger partial charge in [-0.15, -0.1) is 0 Å². The van der Waals surface area contributed by atoms with Crippen LogP contribution in [0.3, 0.4) is 0 Å². The van der Waals surface area contributed by atoms with Crippen molar-refractivity contribution in [3.05, 3.63) is 116 Å². The van der Waals surface area contributed by atoms with Crippen LogP contribution in [0.5, 0.6) is 0 Å². The number of rotatable bonds is 7. The van der Waals surface area contributed by atoms with Crippen molar-refractivity contribution in [2.75, 3.05) is 16.4 Å². The summed E-state index contributed by atoms with van der Waals surface area (Å²) in [7, 11) is 0. The highest BCUT2D eigenvalue weighted by Crippen LogP contribution is 2.42. The Balaban J connectivity index is 1.64. The van der Waals surface area contributed by atoms with Crippen LogP contribution in [0.4, 0.5) is 15.8 Å². The molecule has 4 rings (SSSR count). The zero-order valence-electron chi connectivity index (χ0n) is 21.6. The maximum atomic E-state index is 15.1. The van der Waals surface area contributed by atoms with E-state index in [-0.39, 0.29) is 28.4 Å². The van der Waals surface area contributed by atoms with Crippen molar-refractivity contribution in [1.29, 1.82) is 5.26 Å². The van der Waals surface area contributed by atoms with Gasteiger partial charge in [-0.3, -0.25) is 9.59 Å². The number of halogens is 2. The molecule has 3 aromatic rings. The fourth-order valence-electron chi connectivity index (χ4n) is 4.26. The molecule has 0 saturated carbocycles. The number of benzene rings is 3. The SMILES string of the molecule is CC1=C(C(=O)Nc2ccccc2C)[C@@H](c2ccccc2F)C(C#N)=C(SCC(=O)Nc2ccc(C)c(Cl)c2)N1. The summed E-state index contributed by atoms with van der Waals surface area (Å²) in [5.41, 5.74) is 3.96. The molecule has 3 N–H and O–H groups in total. The van der Waals surface area contributed by atoms with Gasteiger partial charge >= 0.3 is 0 Å². The van der Waals surface area contributed by atoms with Gasteiger partial charge in [0, 0.05) is 33.2 Å². The monoisotopic (exact) mass is 560 g/mol. The van der Waals surface area contributed by atoms with Crippen molar-refractivity contribution in [2.24, 2.45) is 0 Å². The minimum absolute atomic E-state index is 0.0268. The number of aryl methyl sites for hydroxylation is 2. The molecule has 39 heavy (non-hydrogen) atoms. The van der Waals surface area contributed by atoms with E-state index in [1.165, 1.54) is 6.07 Å². The first kappa shape index (κ1) is 28.0. The van der Waals surface area contributed by atoms with Crippen LogP contribution in [0.1, 0.15) is 29.5 Å². The van der Waals surface area contributed by atoms with E-state index in [0.29, 0.717) is 27.1 Å². The lowest BCUT2D eigenvalue weighted by atomic mass is 9.82. The average molecular weight is 561 g/mol. The molecule has 6 nitrogen and oxygen atoms in total. The number of hydrogen-bond acceptors (Lipinski definition) is 5. The van der Waals surface area contributed by atoms with Crippen LogP contribution in [0.25, 0.3) is 0 Å². The fraction of sp³-hybridized carbons (Fsp3) is 0.167. The smallest absolute Gasteiger partial charge is 0.254 e. The van der Waals surface area contributed by atoms with Crippen molar-refractivity contribution in [1.82, 2.24) is 5.32 Å². The predicted octanol–water partition coefficient (Wildman–Crippen LogP) is 6.80. The van der Waals surface area contributed by atoms with E-state index in [1.54, 1.807) is 49.4 Å². The molecule has 0 fully saturated rings. The highest BCUT2D eigenvalue weighted by Gasteiger charge is 2.36. The first-order chi connectivity index (χ1) is 18.7. The lowest BCUT2D eigenvalue weighted by Gasteiger charge is -2.30. The van der Waals surface area contributed by atoms with Crippen LogP contribution in [0.15, 0.2) is 88.6 Å². The molecule has 1 heterocycles. The summed E-state index contributed by atoms with van der Waals surface area (Å²) in [4.78, 5) is 26.3. The second kappa shape index (κ2) is 12.2. The zero-order valence-corrected chi connectivity index (χ0v) is 23.1. The Morgan fingerprint density at radius 1 is 1.03 bits per heavy atom. The molecule has 1 aliphatic rings. The molecule has 0 unspecified atom stereocenters. The van der Waals surface area contributed by atoms with Crippen molar-refractivity contribution in [2.45, 2.75) is 26.7 Å². The van der Waals surface area contributed by atoms with E-state index in [2.05, 4.69) is 22.0 Å². The number of anilines is 2. The van der Waals surface area contributed by atoms with E-state index < -0.39 is 17.6 Å². The number of amides is 2. The van der Waals surface area contributed by atoms with E-state index in [1.807, 2.05) is 32.0 Å². The maximum absolute atomic E-state index is 15.1. The van der Waals surface area contributed by atoms with Crippen molar-refractivity contribution >= 4 is 46.6 Å². The molecule has 198 valence electrons. The van der Waals surface area contributed by atoms with Crippen LogP contribution in [0.2, 0.25) is 5.02 Å². The van der Waals surface area contributed by atoms with Gasteiger partial charge in [0.25, 0.3) is 5.91 Å². The number of carbonyl (C=O) groups is 2. The van der Waals surface area contributed by atoms with Crippen molar-refractivity contribution in [3.8, 4) is 6.07 Å². The van der Waals surface area contributed by atoms with Crippen LogP contribution < -0.4 is 16.0 Å². The van der Waals surface area contributed by atoms with Gasteiger partial charge in [0.2, 0.25) is 5.91 Å². The highest BCUT2D eigenvalue weighted by molar-refractivity contribution is 8.03. The Bertz CT molecular complexity index is 1560. The average Bonchev–Trinajstić information content (AvgIpc) is 2.90. The van der Waals surface area contributed by atoms with E-state index in [4.69, 9.17) is 11.6 Å². The molecule has 9 heteroatoms. The lowest BCUT2D eigenvalue weighted by Crippen LogP contribution is -2.31. The summed E-state index contributed by atoms with van der Waals surface area (Å²) in [5, 5.41) is 19.9. The van der Waals surface area contributed by atoms with Crippen LogP contribution >= 0.6 is 23.4 Å². The molecule has 2 amide bonds. The molecule has 0 spiro atoms. The Morgan fingerprint density at radius 2 is 1.74 bits per heavy atom. The molecule has 0 saturated heterocycles. The second-order valence-electron chi connectivity index (χ2n) is 9.04. The molecular weight excluding hydrogens is 535 g/mol. The summed E-state index contributed by atoms with van der Waals surface area (Å²) in [6.07, 6.45) is 0. The van der Waals surface area contributed by atoms with Crippen LogP contribution in [-0.4, -0.2) is 17.6 Å². The normalized spacial score (nSPS) is 14.9. The molecule has 0 bridgehead atoms. The van der Waals surface area contributed by atoms with Gasteiger partial charge in [-0.05, 0) is 56.2 Å². The largest absolute Gasteiger partial charge is 0.353 e. The molecule has 3 aromatic carbocycles. The Hall–Kier alpha value is -4.06. The molecule has 1 atom stereocenters. The number of dihydropyridines is 1. The van der Waals surface area contributed by atoms with E-state index in [9.17, 15) is 14.9 Å². The summed E-state index contributed by atoms with van der Waals surface area (Å²) >= 11 is 7.26. The molecule has 1 aliphatic heterocycles. The van der Waals surface area contributed by atoms with Crippen molar-refractivity contribution in [3.63, 3.8) is 0 Å². The number of nitriles is 1. The Labute approximate surface area is 235 Å². The number of allylic oxidation sites excluding steroid dienone is 2. The van der Waals surface area contributed by atoms with Crippen LogP contribution in [-0.2, 0) is 9.59 Å². The third kappa shape index (κ3) is 6.33. The molecule has 0 aliphatic carbocycles. The quantitative estimate of drug-likeness (QED) is 0.295. The van der Waals surface area contributed by atoms with Gasteiger partial charge < -0.3 is 16.0 Å². The molecular formula is C30H26ClFN4O2S. The number of nitrogens with one attached hydrogen (secondary N) is 3. The third-order valence-electron chi connectivity index (χ3n) is 6.30. The van der Waals surface area contributed by atoms with Gasteiger partial charge in [-0.2, -0.15) is 5.26 Å². The third-order valence-corrected chi connectivity index (χ3v) is 7.73. The van der Waals surface area contributed by atoms with Gasteiger partial charge in [0.05, 0.1) is 28.3 Å². The molecule has 0 aromatic heterocycles. The number of thioether (sulfide) groups is 1. The van der Waals surface area contributed by atoms with Crippen LogP contribution in [0, 0.1) is 31.0 Å². The number of carbonyl (C=O) groups excluding carboxylic acids is 2. The summed E-state index contributed by atoms with van der Waals surface area (Å²) in [6.45, 7) is 5.44. The second-order valence-corrected chi connectivity index (χ2v) is 10.4. The minimum atomic E-state index is -0.970. The van der Waals surface area contributed by atoms with Gasteiger partial charge in [0.1, 0.15) is 5.82 Å². The summed E-state index contributed by atoms with van der Waals surface area (Å²) < 4.78 is 15.1. The number of nitrogens with zero attached hydrogens (tertiary/aromatic N) is 1. The first-order valence-corrected chi connectivity index (χ1v) is 13.5.